The highest BCUT2D eigenvalue weighted by Crippen LogP contribution is 2.27. The first kappa shape index (κ1) is 17.6. The third kappa shape index (κ3) is 5.11. The van der Waals surface area contributed by atoms with Gasteiger partial charge in [-0.3, -0.25) is 4.79 Å². The maximum Gasteiger partial charge on any atom is 0.234 e. The highest BCUT2D eigenvalue weighted by Gasteiger charge is 2.07. The number of halogens is 3. The van der Waals surface area contributed by atoms with Crippen molar-refractivity contribution in [3.05, 3.63) is 58.6 Å². The van der Waals surface area contributed by atoms with E-state index in [-0.39, 0.29) is 11.7 Å². The zero-order valence-electron chi connectivity index (χ0n) is 12.2. The van der Waals surface area contributed by atoms with Gasteiger partial charge in [0, 0.05) is 11.4 Å². The number of hydrogen-bond donors (Lipinski definition) is 1. The van der Waals surface area contributed by atoms with E-state index >= 15 is 0 Å². The molecule has 0 saturated carbocycles. The van der Waals surface area contributed by atoms with E-state index in [1.807, 2.05) is 0 Å². The molecule has 0 atom stereocenters. The maximum atomic E-state index is 13.1. The highest BCUT2D eigenvalue weighted by atomic mass is 35.5. The molecule has 3 nitrogen and oxygen atoms in total. The minimum atomic E-state index is -0.888. The summed E-state index contributed by atoms with van der Waals surface area (Å²) in [5.41, 5.74) is 1.18. The lowest BCUT2D eigenvalue weighted by Crippen LogP contribution is -2.14. The molecular weight excluding hydrogens is 344 g/mol. The van der Waals surface area contributed by atoms with Gasteiger partial charge in [0.05, 0.1) is 17.9 Å². The van der Waals surface area contributed by atoms with E-state index in [2.05, 4.69) is 5.32 Å². The van der Waals surface area contributed by atoms with E-state index in [9.17, 15) is 13.6 Å². The third-order valence-electron chi connectivity index (χ3n) is 2.92. The van der Waals surface area contributed by atoms with E-state index < -0.39 is 11.6 Å². The average Bonchev–Trinajstić information content (AvgIpc) is 2.51. The Morgan fingerprint density at radius 1 is 1.22 bits per heavy atom. The Labute approximate surface area is 142 Å². The molecule has 2 aromatic rings. The fourth-order valence-corrected chi connectivity index (χ4v) is 2.86. The Hall–Kier alpha value is -1.79. The molecule has 0 aliphatic carbocycles. The lowest BCUT2D eigenvalue weighted by Gasteiger charge is -2.08. The van der Waals surface area contributed by atoms with Crippen LogP contribution in [-0.2, 0) is 10.5 Å². The van der Waals surface area contributed by atoms with Crippen molar-refractivity contribution in [2.24, 2.45) is 0 Å². The smallest absolute Gasteiger partial charge is 0.234 e. The first-order chi connectivity index (χ1) is 11.0. The van der Waals surface area contributed by atoms with Crippen LogP contribution in [0.4, 0.5) is 14.5 Å². The van der Waals surface area contributed by atoms with Crippen molar-refractivity contribution in [1.82, 2.24) is 0 Å². The summed E-state index contributed by atoms with van der Waals surface area (Å²) in [4.78, 5) is 11.8. The van der Waals surface area contributed by atoms with Crippen LogP contribution in [0.1, 0.15) is 5.56 Å². The van der Waals surface area contributed by atoms with Gasteiger partial charge in [-0.05, 0) is 35.9 Å². The van der Waals surface area contributed by atoms with E-state index in [0.29, 0.717) is 27.8 Å². The van der Waals surface area contributed by atoms with E-state index in [0.717, 1.165) is 12.1 Å². The van der Waals surface area contributed by atoms with Gasteiger partial charge in [-0.15, -0.1) is 11.8 Å². The van der Waals surface area contributed by atoms with Crippen LogP contribution in [0.25, 0.3) is 0 Å². The molecule has 0 heterocycles. The summed E-state index contributed by atoms with van der Waals surface area (Å²) >= 11 is 7.28. The van der Waals surface area contributed by atoms with Gasteiger partial charge in [0.15, 0.2) is 11.6 Å². The maximum absolute atomic E-state index is 13.1. The molecule has 0 radical (unpaired) electrons. The van der Waals surface area contributed by atoms with Crippen molar-refractivity contribution in [1.29, 1.82) is 0 Å². The Morgan fingerprint density at radius 3 is 2.65 bits per heavy atom. The van der Waals surface area contributed by atoms with Crippen LogP contribution in [0.5, 0.6) is 5.75 Å². The monoisotopic (exact) mass is 357 g/mol. The molecule has 2 aromatic carbocycles. The lowest BCUT2D eigenvalue weighted by atomic mass is 10.2. The quantitative estimate of drug-likeness (QED) is 0.827. The summed E-state index contributed by atoms with van der Waals surface area (Å²) < 4.78 is 30.9. The molecule has 23 heavy (non-hydrogen) atoms. The summed E-state index contributed by atoms with van der Waals surface area (Å²) in [5, 5.41) is 3.11. The van der Waals surface area contributed by atoms with Gasteiger partial charge in [0.2, 0.25) is 5.91 Å². The number of thioether (sulfide) groups is 1. The molecule has 7 heteroatoms. The first-order valence-corrected chi connectivity index (χ1v) is 8.18. The number of benzene rings is 2. The molecule has 0 unspecified atom stereocenters. The molecule has 0 bridgehead atoms. The van der Waals surface area contributed by atoms with E-state index in [4.69, 9.17) is 16.3 Å². The van der Waals surface area contributed by atoms with Gasteiger partial charge in [0.25, 0.3) is 0 Å². The van der Waals surface area contributed by atoms with Crippen molar-refractivity contribution in [2.75, 3.05) is 18.2 Å². The minimum absolute atomic E-state index is 0.183. The molecule has 0 aromatic heterocycles. The summed E-state index contributed by atoms with van der Waals surface area (Å²) in [6.45, 7) is 0. The fourth-order valence-electron chi connectivity index (χ4n) is 1.83. The highest BCUT2D eigenvalue weighted by molar-refractivity contribution is 7.99. The fraction of sp³-hybridized carbons (Fsp3) is 0.188. The normalized spacial score (nSPS) is 10.4. The van der Waals surface area contributed by atoms with E-state index in [1.165, 1.54) is 24.9 Å². The Kier molecular flexibility index (Phi) is 6.24. The average molecular weight is 358 g/mol. The molecule has 2 rings (SSSR count). The van der Waals surface area contributed by atoms with Crippen LogP contribution >= 0.6 is 23.4 Å². The minimum Gasteiger partial charge on any atom is -0.495 e. The summed E-state index contributed by atoms with van der Waals surface area (Å²) in [5.74, 6) is -0.860. The van der Waals surface area contributed by atoms with Gasteiger partial charge in [0.1, 0.15) is 5.75 Å². The Morgan fingerprint density at radius 2 is 2.00 bits per heavy atom. The van der Waals surface area contributed by atoms with Crippen LogP contribution < -0.4 is 10.1 Å². The topological polar surface area (TPSA) is 38.3 Å². The zero-order chi connectivity index (χ0) is 16.8. The molecule has 122 valence electrons. The predicted molar refractivity (Wildman–Crippen MR) is 89.2 cm³/mol. The van der Waals surface area contributed by atoms with Crippen LogP contribution in [0.15, 0.2) is 36.4 Å². The number of nitrogens with one attached hydrogen (secondary N) is 1. The predicted octanol–water partition coefficient (Wildman–Crippen LogP) is 4.50. The molecule has 0 aliphatic rings. The Bertz CT molecular complexity index is 712. The van der Waals surface area contributed by atoms with Crippen LogP contribution in [0.3, 0.4) is 0 Å². The number of ether oxygens (including phenoxy) is 1. The third-order valence-corrected chi connectivity index (χ3v) is 4.22. The summed E-state index contributed by atoms with van der Waals surface area (Å²) in [6, 6.07) is 8.63. The SMILES string of the molecule is COc1ccc(NC(=O)CSCc2ccc(F)c(F)c2)cc1Cl. The van der Waals surface area contributed by atoms with E-state index in [1.54, 1.807) is 18.2 Å². The molecule has 0 saturated heterocycles. The second-order valence-electron chi connectivity index (χ2n) is 4.64. The molecule has 1 amide bonds. The molecule has 0 aliphatic heterocycles. The number of anilines is 1. The van der Waals surface area contributed by atoms with Crippen LogP contribution in [-0.4, -0.2) is 18.8 Å². The number of rotatable bonds is 6. The second kappa shape index (κ2) is 8.17. The molecular formula is C16H14ClF2NO2S. The Balaban J connectivity index is 1.83. The largest absolute Gasteiger partial charge is 0.495 e. The molecule has 1 N–H and O–H groups in total. The van der Waals surface area contributed by atoms with Crippen LogP contribution in [0.2, 0.25) is 5.02 Å². The van der Waals surface area contributed by atoms with Crippen molar-refractivity contribution in [3.8, 4) is 5.75 Å². The zero-order valence-corrected chi connectivity index (χ0v) is 13.8. The number of hydrogen-bond acceptors (Lipinski definition) is 3. The number of carbonyl (C=O) groups excluding carboxylic acids is 1. The number of methoxy groups -OCH3 is 1. The standard InChI is InChI=1S/C16H14ClF2NO2S/c1-22-15-5-3-11(7-12(15)17)20-16(21)9-23-8-10-2-4-13(18)14(19)6-10/h2-7H,8-9H2,1H3,(H,20,21). The van der Waals surface area contributed by atoms with Crippen molar-refractivity contribution in [3.63, 3.8) is 0 Å². The van der Waals surface area contributed by atoms with Gasteiger partial charge in [-0.2, -0.15) is 0 Å². The van der Waals surface area contributed by atoms with Crippen LogP contribution in [0, 0.1) is 11.6 Å². The lowest BCUT2D eigenvalue weighted by molar-refractivity contribution is -0.113. The number of amides is 1. The molecule has 0 fully saturated rings. The summed E-state index contributed by atoms with van der Waals surface area (Å²) in [6.07, 6.45) is 0. The van der Waals surface area contributed by atoms with Gasteiger partial charge < -0.3 is 10.1 Å². The van der Waals surface area contributed by atoms with Gasteiger partial charge in [-0.25, -0.2) is 8.78 Å². The van der Waals surface area contributed by atoms with Gasteiger partial charge in [-0.1, -0.05) is 17.7 Å². The van der Waals surface area contributed by atoms with Crippen molar-refractivity contribution in [2.45, 2.75) is 5.75 Å². The summed E-state index contributed by atoms with van der Waals surface area (Å²) in [7, 11) is 1.51. The molecule has 0 spiro atoms. The first-order valence-electron chi connectivity index (χ1n) is 6.64. The second-order valence-corrected chi connectivity index (χ2v) is 6.03. The number of carbonyl (C=O) groups is 1. The van der Waals surface area contributed by atoms with Crippen molar-refractivity contribution < 1.29 is 18.3 Å². The van der Waals surface area contributed by atoms with Gasteiger partial charge >= 0.3 is 0 Å². The van der Waals surface area contributed by atoms with Crippen molar-refractivity contribution >= 4 is 35.0 Å².